The Hall–Kier alpha value is -0.520. The maximum atomic E-state index is 5.81. The third-order valence-corrected chi connectivity index (χ3v) is 5.34. The SMILES string of the molecule is CC1COc2ccccc2C1Nc1c(Br)cc(Br)cc1Br. The number of anilines is 1. The van der Waals surface area contributed by atoms with Crippen molar-refractivity contribution in [1.29, 1.82) is 0 Å². The maximum Gasteiger partial charge on any atom is 0.124 e. The summed E-state index contributed by atoms with van der Waals surface area (Å²) in [4.78, 5) is 0. The molecule has 0 bridgehead atoms. The van der Waals surface area contributed by atoms with Crippen molar-refractivity contribution in [3.63, 3.8) is 0 Å². The number of halogens is 3. The molecule has 0 radical (unpaired) electrons. The summed E-state index contributed by atoms with van der Waals surface area (Å²) in [5, 5.41) is 3.66. The first-order chi connectivity index (χ1) is 10.1. The second-order valence-electron chi connectivity index (χ2n) is 5.19. The van der Waals surface area contributed by atoms with Crippen LogP contribution >= 0.6 is 47.8 Å². The zero-order chi connectivity index (χ0) is 15.0. The molecular formula is C16H14Br3NO. The Morgan fingerprint density at radius 3 is 2.48 bits per heavy atom. The van der Waals surface area contributed by atoms with Crippen molar-refractivity contribution in [2.24, 2.45) is 5.92 Å². The molecule has 0 amide bonds. The molecule has 3 rings (SSSR count). The van der Waals surface area contributed by atoms with Gasteiger partial charge in [0.25, 0.3) is 0 Å². The van der Waals surface area contributed by atoms with Crippen LogP contribution in [0.4, 0.5) is 5.69 Å². The third kappa shape index (κ3) is 3.15. The van der Waals surface area contributed by atoms with E-state index in [2.05, 4.69) is 72.2 Å². The molecule has 21 heavy (non-hydrogen) atoms. The van der Waals surface area contributed by atoms with Gasteiger partial charge in [-0.15, -0.1) is 0 Å². The van der Waals surface area contributed by atoms with Crippen molar-refractivity contribution in [2.75, 3.05) is 11.9 Å². The fraction of sp³-hybridized carbons (Fsp3) is 0.250. The maximum absolute atomic E-state index is 5.81. The van der Waals surface area contributed by atoms with Crippen molar-refractivity contribution in [2.45, 2.75) is 13.0 Å². The number of ether oxygens (including phenoxy) is 1. The Balaban J connectivity index is 1.98. The smallest absolute Gasteiger partial charge is 0.124 e. The van der Waals surface area contributed by atoms with E-state index in [-0.39, 0.29) is 6.04 Å². The van der Waals surface area contributed by atoms with Crippen LogP contribution in [0.25, 0.3) is 0 Å². The van der Waals surface area contributed by atoms with Gasteiger partial charge in [-0.1, -0.05) is 41.1 Å². The number of benzene rings is 2. The number of para-hydroxylation sites is 1. The van der Waals surface area contributed by atoms with Crippen molar-refractivity contribution < 1.29 is 4.74 Å². The van der Waals surface area contributed by atoms with Crippen LogP contribution in [0.1, 0.15) is 18.5 Å². The summed E-state index contributed by atoms with van der Waals surface area (Å²) in [5.74, 6) is 1.36. The summed E-state index contributed by atoms with van der Waals surface area (Å²) in [6.07, 6.45) is 0. The molecule has 0 fully saturated rings. The molecule has 2 aromatic rings. The molecule has 1 aliphatic rings. The summed E-state index contributed by atoms with van der Waals surface area (Å²) in [6, 6.07) is 12.5. The zero-order valence-corrected chi connectivity index (χ0v) is 16.1. The van der Waals surface area contributed by atoms with Gasteiger partial charge in [0, 0.05) is 24.9 Å². The van der Waals surface area contributed by atoms with E-state index in [0.29, 0.717) is 5.92 Å². The van der Waals surface area contributed by atoms with E-state index in [9.17, 15) is 0 Å². The van der Waals surface area contributed by atoms with Gasteiger partial charge in [0.2, 0.25) is 0 Å². The highest BCUT2D eigenvalue weighted by molar-refractivity contribution is 9.11. The monoisotopic (exact) mass is 473 g/mol. The fourth-order valence-electron chi connectivity index (χ4n) is 2.55. The second-order valence-corrected chi connectivity index (χ2v) is 7.82. The molecule has 0 saturated carbocycles. The molecule has 1 aliphatic heterocycles. The molecule has 2 unspecified atom stereocenters. The first-order valence-corrected chi connectivity index (χ1v) is 9.07. The lowest BCUT2D eigenvalue weighted by atomic mass is 9.92. The Kier molecular flexibility index (Phi) is 4.62. The Morgan fingerprint density at radius 1 is 1.10 bits per heavy atom. The first kappa shape index (κ1) is 15.4. The van der Waals surface area contributed by atoms with E-state index in [1.807, 2.05) is 24.3 Å². The molecule has 0 aliphatic carbocycles. The number of hydrogen-bond acceptors (Lipinski definition) is 2. The predicted molar refractivity (Wildman–Crippen MR) is 97.0 cm³/mol. The van der Waals surface area contributed by atoms with Crippen molar-refractivity contribution in [3.05, 3.63) is 55.4 Å². The van der Waals surface area contributed by atoms with E-state index in [0.717, 1.165) is 31.5 Å². The molecule has 1 N–H and O–H groups in total. The summed E-state index contributed by atoms with van der Waals surface area (Å²) in [6.45, 7) is 2.93. The second kappa shape index (κ2) is 6.31. The van der Waals surface area contributed by atoms with Crippen LogP contribution in [0, 0.1) is 5.92 Å². The van der Waals surface area contributed by atoms with Crippen LogP contribution in [0.5, 0.6) is 5.75 Å². The van der Waals surface area contributed by atoms with Gasteiger partial charge >= 0.3 is 0 Å². The predicted octanol–water partition coefficient (Wildman–Crippen LogP) is 6.16. The van der Waals surface area contributed by atoms with Crippen LogP contribution in [-0.4, -0.2) is 6.61 Å². The number of nitrogens with one attached hydrogen (secondary N) is 1. The van der Waals surface area contributed by atoms with Gasteiger partial charge in [-0.2, -0.15) is 0 Å². The summed E-state index contributed by atoms with van der Waals surface area (Å²) < 4.78 is 8.90. The van der Waals surface area contributed by atoms with Crippen LogP contribution in [0.15, 0.2) is 49.8 Å². The van der Waals surface area contributed by atoms with Crippen LogP contribution in [0.2, 0.25) is 0 Å². The average molecular weight is 476 g/mol. The van der Waals surface area contributed by atoms with Crippen molar-refractivity contribution >= 4 is 53.5 Å². The zero-order valence-electron chi connectivity index (χ0n) is 11.4. The molecule has 0 aromatic heterocycles. The van der Waals surface area contributed by atoms with Crippen LogP contribution in [0.3, 0.4) is 0 Å². The highest BCUT2D eigenvalue weighted by Gasteiger charge is 2.28. The minimum Gasteiger partial charge on any atom is -0.493 e. The van der Waals surface area contributed by atoms with Crippen molar-refractivity contribution in [3.8, 4) is 5.75 Å². The largest absolute Gasteiger partial charge is 0.493 e. The Bertz CT molecular complexity index is 651. The van der Waals surface area contributed by atoms with Gasteiger partial charge < -0.3 is 10.1 Å². The minimum atomic E-state index is 0.226. The molecule has 5 heteroatoms. The third-order valence-electron chi connectivity index (χ3n) is 3.63. The first-order valence-electron chi connectivity index (χ1n) is 6.69. The topological polar surface area (TPSA) is 21.3 Å². The van der Waals surface area contributed by atoms with Crippen LogP contribution in [-0.2, 0) is 0 Å². The van der Waals surface area contributed by atoms with E-state index < -0.39 is 0 Å². The average Bonchev–Trinajstić information content (AvgIpc) is 2.44. The normalized spacial score (nSPS) is 20.6. The molecule has 110 valence electrons. The number of fused-ring (bicyclic) bond motifs is 1. The summed E-state index contributed by atoms with van der Waals surface area (Å²) in [5.41, 5.74) is 2.27. The Morgan fingerprint density at radius 2 is 1.76 bits per heavy atom. The molecule has 2 atom stereocenters. The van der Waals surface area contributed by atoms with Gasteiger partial charge in [0.1, 0.15) is 5.75 Å². The minimum absolute atomic E-state index is 0.226. The molecule has 0 spiro atoms. The lowest BCUT2D eigenvalue weighted by molar-refractivity contribution is 0.214. The van der Waals surface area contributed by atoms with E-state index in [1.54, 1.807) is 0 Å². The lowest BCUT2D eigenvalue weighted by Gasteiger charge is -2.33. The van der Waals surface area contributed by atoms with E-state index in [1.165, 1.54) is 5.56 Å². The quantitative estimate of drug-likeness (QED) is 0.562. The van der Waals surface area contributed by atoms with Gasteiger partial charge in [0.05, 0.1) is 18.3 Å². The van der Waals surface area contributed by atoms with Gasteiger partial charge in [-0.3, -0.25) is 0 Å². The highest BCUT2D eigenvalue weighted by Crippen LogP contribution is 2.41. The highest BCUT2D eigenvalue weighted by atomic mass is 79.9. The Labute approximate surface area is 149 Å². The van der Waals surface area contributed by atoms with Gasteiger partial charge in [-0.25, -0.2) is 0 Å². The van der Waals surface area contributed by atoms with E-state index >= 15 is 0 Å². The molecule has 2 aromatic carbocycles. The molecule has 1 heterocycles. The van der Waals surface area contributed by atoms with Crippen molar-refractivity contribution in [1.82, 2.24) is 0 Å². The summed E-state index contributed by atoms with van der Waals surface area (Å²) >= 11 is 10.8. The number of hydrogen-bond donors (Lipinski definition) is 1. The van der Waals surface area contributed by atoms with Gasteiger partial charge in [0.15, 0.2) is 0 Å². The standard InChI is InChI=1S/C16H14Br3NO/c1-9-8-21-14-5-3-2-4-11(14)15(9)20-16-12(18)6-10(17)7-13(16)19/h2-7,9,15,20H,8H2,1H3. The van der Waals surface area contributed by atoms with E-state index in [4.69, 9.17) is 4.74 Å². The molecular weight excluding hydrogens is 462 g/mol. The summed E-state index contributed by atoms with van der Waals surface area (Å²) in [7, 11) is 0. The molecule has 0 saturated heterocycles. The van der Waals surface area contributed by atoms with Gasteiger partial charge in [-0.05, 0) is 50.1 Å². The number of rotatable bonds is 2. The van der Waals surface area contributed by atoms with Crippen LogP contribution < -0.4 is 10.1 Å². The lowest BCUT2D eigenvalue weighted by Crippen LogP contribution is -2.29. The molecule has 2 nitrogen and oxygen atoms in total. The fourth-order valence-corrected chi connectivity index (χ4v) is 5.04.